The summed E-state index contributed by atoms with van der Waals surface area (Å²) in [5.74, 6) is 5.19. The summed E-state index contributed by atoms with van der Waals surface area (Å²) in [5.41, 5.74) is 0.649. The molecule has 2 N–H and O–H groups in total. The lowest BCUT2D eigenvalue weighted by Crippen LogP contribution is -2.35. The highest BCUT2D eigenvalue weighted by molar-refractivity contribution is 7.12. The minimum absolute atomic E-state index is 0.0162. The van der Waals surface area contributed by atoms with Gasteiger partial charge in [-0.2, -0.15) is 0 Å². The molecule has 2 aromatic heterocycles. The summed E-state index contributed by atoms with van der Waals surface area (Å²) in [6.45, 7) is 2.38. The molecule has 0 radical (unpaired) electrons. The average molecular weight is 289 g/mol. The number of hydrogen-bond acceptors (Lipinski definition) is 4. The highest BCUT2D eigenvalue weighted by Crippen LogP contribution is 2.15. The second-order valence-electron chi connectivity index (χ2n) is 4.26. The molecule has 0 aliphatic rings. The van der Waals surface area contributed by atoms with Gasteiger partial charge in [0, 0.05) is 30.5 Å². The van der Waals surface area contributed by atoms with Gasteiger partial charge in [0.05, 0.1) is 6.33 Å². The molecule has 5 nitrogen and oxygen atoms in total. The number of amides is 1. The van der Waals surface area contributed by atoms with E-state index < -0.39 is 0 Å². The zero-order valence-electron chi connectivity index (χ0n) is 11.0. The fourth-order valence-corrected chi connectivity index (χ4v) is 2.52. The minimum Gasteiger partial charge on any atom is -0.384 e. The molecule has 1 atom stereocenters. The summed E-state index contributed by atoms with van der Waals surface area (Å²) in [4.78, 5) is 16.7. The molecule has 0 spiro atoms. The first-order valence-electron chi connectivity index (χ1n) is 6.14. The molecule has 0 aromatic carbocycles. The van der Waals surface area contributed by atoms with E-state index in [2.05, 4.69) is 22.1 Å². The molecular weight excluding hydrogens is 274 g/mol. The van der Waals surface area contributed by atoms with Gasteiger partial charge in [-0.05, 0) is 18.4 Å². The van der Waals surface area contributed by atoms with Crippen molar-refractivity contribution in [3.63, 3.8) is 0 Å². The van der Waals surface area contributed by atoms with Crippen LogP contribution in [0.3, 0.4) is 0 Å². The first kappa shape index (κ1) is 14.3. The van der Waals surface area contributed by atoms with Crippen LogP contribution in [0, 0.1) is 11.8 Å². The van der Waals surface area contributed by atoms with E-state index in [4.69, 9.17) is 5.11 Å². The molecule has 1 unspecified atom stereocenters. The second kappa shape index (κ2) is 6.89. The Balaban J connectivity index is 1.99. The third-order valence-electron chi connectivity index (χ3n) is 2.59. The fourth-order valence-electron chi connectivity index (χ4n) is 1.76. The molecule has 0 aliphatic carbocycles. The van der Waals surface area contributed by atoms with Crippen molar-refractivity contribution in [3.8, 4) is 11.8 Å². The summed E-state index contributed by atoms with van der Waals surface area (Å²) in [7, 11) is 0. The fraction of sp³-hybridized carbons (Fsp3) is 0.286. The maximum atomic E-state index is 12.2. The number of aliphatic hydroxyl groups is 1. The smallest absolute Gasteiger partial charge is 0.262 e. The molecule has 0 fully saturated rings. The Hall–Kier alpha value is -2.10. The van der Waals surface area contributed by atoms with Gasteiger partial charge >= 0.3 is 0 Å². The van der Waals surface area contributed by atoms with Crippen LogP contribution in [-0.4, -0.2) is 33.2 Å². The van der Waals surface area contributed by atoms with E-state index >= 15 is 0 Å². The van der Waals surface area contributed by atoms with Gasteiger partial charge in [-0.25, -0.2) is 4.98 Å². The molecule has 0 bridgehead atoms. The Kier molecular flexibility index (Phi) is 4.93. The van der Waals surface area contributed by atoms with Crippen molar-refractivity contribution in [2.24, 2.45) is 0 Å². The maximum Gasteiger partial charge on any atom is 0.262 e. The topological polar surface area (TPSA) is 67.2 Å². The van der Waals surface area contributed by atoms with Crippen LogP contribution in [0.4, 0.5) is 0 Å². The van der Waals surface area contributed by atoms with Gasteiger partial charge in [-0.15, -0.1) is 11.3 Å². The van der Waals surface area contributed by atoms with Crippen LogP contribution in [0.5, 0.6) is 0 Å². The van der Waals surface area contributed by atoms with Crippen molar-refractivity contribution >= 4 is 17.2 Å². The summed E-state index contributed by atoms with van der Waals surface area (Å²) in [6.07, 6.45) is 5.27. The van der Waals surface area contributed by atoms with Crippen molar-refractivity contribution in [1.29, 1.82) is 0 Å². The van der Waals surface area contributed by atoms with Gasteiger partial charge in [0.25, 0.3) is 5.91 Å². The molecule has 2 aromatic rings. The number of rotatable bonds is 4. The summed E-state index contributed by atoms with van der Waals surface area (Å²) in [6, 6.07) is 1.76. The lowest BCUT2D eigenvalue weighted by Gasteiger charge is -2.13. The van der Waals surface area contributed by atoms with Crippen molar-refractivity contribution in [1.82, 2.24) is 14.9 Å². The quantitative estimate of drug-likeness (QED) is 0.829. The number of imidazole rings is 1. The molecule has 0 aliphatic heterocycles. The van der Waals surface area contributed by atoms with Crippen molar-refractivity contribution in [3.05, 3.63) is 40.6 Å². The Morgan fingerprint density at radius 2 is 2.50 bits per heavy atom. The van der Waals surface area contributed by atoms with E-state index in [0.717, 1.165) is 0 Å². The van der Waals surface area contributed by atoms with Gasteiger partial charge in [-0.1, -0.05) is 11.8 Å². The van der Waals surface area contributed by atoms with E-state index in [-0.39, 0.29) is 18.6 Å². The standard InChI is InChI=1S/C14H15N3O2S/c1-11(9-17-6-5-15-10-17)16-14(19)13-12(3-2-7-18)4-8-20-13/h4-6,8,10-11,18H,7,9H2,1H3,(H,16,19). The molecule has 2 heterocycles. The van der Waals surface area contributed by atoms with E-state index in [1.165, 1.54) is 11.3 Å². The number of hydrogen-bond donors (Lipinski definition) is 2. The predicted molar refractivity (Wildman–Crippen MR) is 77.4 cm³/mol. The van der Waals surface area contributed by atoms with E-state index in [1.807, 2.05) is 23.1 Å². The zero-order valence-corrected chi connectivity index (χ0v) is 11.9. The summed E-state index contributed by atoms with van der Waals surface area (Å²) < 4.78 is 1.91. The number of carbonyl (C=O) groups excluding carboxylic acids is 1. The van der Waals surface area contributed by atoms with E-state index in [0.29, 0.717) is 17.0 Å². The normalized spacial score (nSPS) is 11.5. The van der Waals surface area contributed by atoms with Crippen molar-refractivity contribution in [2.75, 3.05) is 6.61 Å². The number of aliphatic hydroxyl groups excluding tert-OH is 1. The van der Waals surface area contributed by atoms with Crippen molar-refractivity contribution < 1.29 is 9.90 Å². The number of aromatic nitrogens is 2. The van der Waals surface area contributed by atoms with Crippen molar-refractivity contribution in [2.45, 2.75) is 19.5 Å². The van der Waals surface area contributed by atoms with Crippen LogP contribution in [0.1, 0.15) is 22.2 Å². The number of nitrogens with one attached hydrogen (secondary N) is 1. The third-order valence-corrected chi connectivity index (χ3v) is 3.51. The van der Waals surface area contributed by atoms with Crippen LogP contribution in [0.2, 0.25) is 0 Å². The molecule has 0 saturated carbocycles. The molecule has 2 rings (SSSR count). The SMILES string of the molecule is CC(Cn1ccnc1)NC(=O)c1sccc1C#CCO. The number of thiophene rings is 1. The monoisotopic (exact) mass is 289 g/mol. The molecular formula is C14H15N3O2S. The summed E-state index contributed by atoms with van der Waals surface area (Å²) in [5, 5.41) is 13.5. The predicted octanol–water partition coefficient (Wildman–Crippen LogP) is 1.11. The molecule has 0 saturated heterocycles. The third kappa shape index (κ3) is 3.70. The van der Waals surface area contributed by atoms with Gasteiger partial charge in [0.1, 0.15) is 11.5 Å². The maximum absolute atomic E-state index is 12.2. The minimum atomic E-state index is -0.214. The van der Waals surface area contributed by atoms with E-state index in [9.17, 15) is 4.79 Å². The number of nitrogens with zero attached hydrogens (tertiary/aromatic N) is 2. The molecule has 1 amide bonds. The number of carbonyl (C=O) groups is 1. The molecule has 6 heteroatoms. The average Bonchev–Trinajstić information content (AvgIpc) is 3.06. The van der Waals surface area contributed by atoms with Gasteiger partial charge in [-0.3, -0.25) is 4.79 Å². The first-order valence-corrected chi connectivity index (χ1v) is 7.02. The summed E-state index contributed by atoms with van der Waals surface area (Å²) >= 11 is 1.34. The zero-order chi connectivity index (χ0) is 14.4. The van der Waals surface area contributed by atoms with E-state index in [1.54, 1.807) is 18.6 Å². The van der Waals surface area contributed by atoms with Gasteiger partial charge < -0.3 is 15.0 Å². The van der Waals surface area contributed by atoms with Crippen LogP contribution in [-0.2, 0) is 6.54 Å². The Labute approximate surface area is 121 Å². The molecule has 20 heavy (non-hydrogen) atoms. The Morgan fingerprint density at radius 3 is 3.20 bits per heavy atom. The van der Waals surface area contributed by atoms with Gasteiger partial charge in [0.2, 0.25) is 0 Å². The lowest BCUT2D eigenvalue weighted by atomic mass is 10.2. The van der Waals surface area contributed by atoms with Crippen LogP contribution in [0.15, 0.2) is 30.2 Å². The largest absolute Gasteiger partial charge is 0.384 e. The second-order valence-corrected chi connectivity index (χ2v) is 5.17. The van der Waals surface area contributed by atoms with Crippen LogP contribution < -0.4 is 5.32 Å². The molecule has 104 valence electrons. The highest BCUT2D eigenvalue weighted by Gasteiger charge is 2.14. The Bertz CT molecular complexity index is 622. The van der Waals surface area contributed by atoms with Gasteiger partial charge in [0.15, 0.2) is 0 Å². The van der Waals surface area contributed by atoms with Crippen LogP contribution >= 0.6 is 11.3 Å². The lowest BCUT2D eigenvalue weighted by molar-refractivity contribution is 0.0940. The van der Waals surface area contributed by atoms with Crippen LogP contribution in [0.25, 0.3) is 0 Å². The first-order chi connectivity index (χ1) is 9.70. The highest BCUT2D eigenvalue weighted by atomic mass is 32.1. The Morgan fingerprint density at radius 1 is 1.65 bits per heavy atom.